The predicted molar refractivity (Wildman–Crippen MR) is 120 cm³/mol. The Morgan fingerprint density at radius 1 is 0.973 bits per heavy atom. The van der Waals surface area contributed by atoms with Gasteiger partial charge in [0.15, 0.2) is 18.1 Å². The van der Waals surface area contributed by atoms with Crippen molar-refractivity contribution in [2.45, 2.75) is 0 Å². The fourth-order valence-corrected chi connectivity index (χ4v) is 3.86. The summed E-state index contributed by atoms with van der Waals surface area (Å²) < 4.78 is 84.1. The Morgan fingerprint density at radius 3 is 2.38 bits per heavy atom. The van der Waals surface area contributed by atoms with Gasteiger partial charge in [-0.1, -0.05) is 18.2 Å². The third kappa shape index (κ3) is 4.18. The van der Waals surface area contributed by atoms with Crippen LogP contribution in [0.15, 0.2) is 54.4 Å². The van der Waals surface area contributed by atoms with Gasteiger partial charge in [-0.25, -0.2) is 18.0 Å². The summed E-state index contributed by atoms with van der Waals surface area (Å²) in [6, 6.07) is 11.5. The topological polar surface area (TPSA) is 66.8 Å². The molecule has 0 saturated heterocycles. The van der Waals surface area contributed by atoms with Crippen LogP contribution in [-0.2, 0) is 11.8 Å². The van der Waals surface area contributed by atoms with Crippen molar-refractivity contribution in [3.63, 3.8) is 0 Å². The summed E-state index contributed by atoms with van der Waals surface area (Å²) in [6.07, 6.45) is 3.43. The van der Waals surface area contributed by atoms with Gasteiger partial charge in [0.25, 0.3) is 0 Å². The second kappa shape index (κ2) is 9.08. The molecule has 5 rings (SSSR count). The van der Waals surface area contributed by atoms with Crippen LogP contribution in [0.5, 0.6) is 17.2 Å². The molecule has 188 valence electrons. The number of carbonyl (C=O) groups is 2. The van der Waals surface area contributed by atoms with Crippen molar-refractivity contribution in [1.82, 2.24) is 4.57 Å². The second-order valence-corrected chi connectivity index (χ2v) is 7.97. The fraction of sp³-hybridized carbons (Fsp3) is 0.0769. The number of aryl methyl sites for hydroxylation is 1. The minimum absolute atomic E-state index is 0.0458. The van der Waals surface area contributed by atoms with Crippen molar-refractivity contribution in [1.29, 1.82) is 0 Å². The highest BCUT2D eigenvalue weighted by atomic mass is 19.2. The first-order valence-electron chi connectivity index (χ1n) is 10.6. The van der Waals surface area contributed by atoms with E-state index in [-0.39, 0.29) is 22.8 Å². The van der Waals surface area contributed by atoms with Crippen molar-refractivity contribution >= 4 is 28.7 Å². The molecule has 0 bridgehead atoms. The van der Waals surface area contributed by atoms with Crippen molar-refractivity contribution < 1.29 is 45.8 Å². The molecule has 0 N–H and O–H groups in total. The number of ketones is 1. The molecule has 0 atom stereocenters. The minimum Gasteiger partial charge on any atom is -0.476 e. The first kappa shape index (κ1) is 24.0. The van der Waals surface area contributed by atoms with E-state index < -0.39 is 53.2 Å². The van der Waals surface area contributed by atoms with Gasteiger partial charge in [0, 0.05) is 35.8 Å². The van der Waals surface area contributed by atoms with E-state index in [1.54, 1.807) is 6.08 Å². The fourth-order valence-electron chi connectivity index (χ4n) is 3.86. The zero-order chi connectivity index (χ0) is 26.4. The van der Waals surface area contributed by atoms with Crippen molar-refractivity contribution in [3.05, 3.63) is 94.6 Å². The number of Topliss-reactive ketones (excluding diaryl/α,β-unsaturated/α-hetero) is 1. The Morgan fingerprint density at radius 2 is 1.65 bits per heavy atom. The SMILES string of the molecule is Cn1cc(/C=C2\Oc3cc(OC(=O)COc4c(F)c(F)c(F)c(F)c4F)ccc3C2=O)c2ccccc21. The standard InChI is InChI=1S/C26H14F5NO5/c1-32-10-12(14-4-2-3-5-16(14)32)8-18-25(34)15-7-6-13(9-17(15)37-18)36-19(33)11-35-26-23(30)21(28)20(27)22(29)24(26)31/h2-10H,11H2,1H3/b18-8-. The monoisotopic (exact) mass is 515 g/mol. The van der Waals surface area contributed by atoms with Crippen LogP contribution >= 0.6 is 0 Å². The second-order valence-electron chi connectivity index (χ2n) is 7.97. The lowest BCUT2D eigenvalue weighted by Crippen LogP contribution is -2.19. The number of allylic oxidation sites excluding steroid dienone is 1. The Kier molecular flexibility index (Phi) is 5.90. The van der Waals surface area contributed by atoms with E-state index in [0.29, 0.717) is 0 Å². The summed E-state index contributed by atoms with van der Waals surface area (Å²) in [5, 5.41) is 0.910. The van der Waals surface area contributed by atoms with Crippen molar-refractivity contribution in [3.8, 4) is 17.2 Å². The number of carbonyl (C=O) groups excluding carboxylic acids is 2. The number of fused-ring (bicyclic) bond motifs is 2. The summed E-state index contributed by atoms with van der Waals surface area (Å²) in [4.78, 5) is 24.9. The van der Waals surface area contributed by atoms with Gasteiger partial charge in [-0.3, -0.25) is 4.79 Å². The molecule has 4 aromatic rings. The maximum atomic E-state index is 13.7. The van der Waals surface area contributed by atoms with Crippen molar-refractivity contribution in [2.24, 2.45) is 7.05 Å². The molecule has 1 aliphatic rings. The number of para-hydroxylation sites is 1. The quantitative estimate of drug-likeness (QED) is 0.0881. The number of benzene rings is 3. The van der Waals surface area contributed by atoms with E-state index in [1.165, 1.54) is 18.2 Å². The zero-order valence-electron chi connectivity index (χ0n) is 18.8. The molecule has 2 heterocycles. The maximum Gasteiger partial charge on any atom is 0.349 e. The van der Waals surface area contributed by atoms with Crippen LogP contribution < -0.4 is 14.2 Å². The molecule has 0 spiro atoms. The Labute approximate surface area is 205 Å². The van der Waals surface area contributed by atoms with E-state index >= 15 is 0 Å². The average molecular weight is 515 g/mol. The molecule has 0 saturated carbocycles. The van der Waals surface area contributed by atoms with Gasteiger partial charge in [-0.05, 0) is 24.3 Å². The molecule has 0 radical (unpaired) electrons. The highest BCUT2D eigenvalue weighted by Gasteiger charge is 2.29. The van der Waals surface area contributed by atoms with E-state index in [4.69, 9.17) is 9.47 Å². The molecule has 6 nitrogen and oxygen atoms in total. The summed E-state index contributed by atoms with van der Waals surface area (Å²) >= 11 is 0. The number of ether oxygens (including phenoxy) is 3. The van der Waals surface area contributed by atoms with Crippen LogP contribution in [-0.4, -0.2) is 22.9 Å². The van der Waals surface area contributed by atoms with E-state index in [2.05, 4.69) is 4.74 Å². The summed E-state index contributed by atoms with van der Waals surface area (Å²) in [5.74, 6) is -14.4. The molecule has 37 heavy (non-hydrogen) atoms. The molecule has 0 unspecified atom stereocenters. The average Bonchev–Trinajstić information content (AvgIpc) is 3.37. The highest BCUT2D eigenvalue weighted by Crippen LogP contribution is 2.36. The lowest BCUT2D eigenvalue weighted by atomic mass is 10.1. The van der Waals surface area contributed by atoms with Crippen LogP contribution in [0.2, 0.25) is 0 Å². The van der Waals surface area contributed by atoms with Gasteiger partial charge in [0.05, 0.1) is 5.56 Å². The molecule has 3 aromatic carbocycles. The van der Waals surface area contributed by atoms with E-state index in [1.807, 2.05) is 42.1 Å². The number of aromatic nitrogens is 1. The lowest BCUT2D eigenvalue weighted by Gasteiger charge is -2.10. The van der Waals surface area contributed by atoms with E-state index in [9.17, 15) is 31.5 Å². The molecule has 0 fully saturated rings. The number of hydrogen-bond acceptors (Lipinski definition) is 5. The van der Waals surface area contributed by atoms with Gasteiger partial charge >= 0.3 is 5.97 Å². The summed E-state index contributed by atoms with van der Waals surface area (Å²) in [7, 11) is 1.87. The number of nitrogens with zero attached hydrogens (tertiary/aromatic N) is 1. The normalized spacial score (nSPS) is 13.7. The third-order valence-electron chi connectivity index (χ3n) is 5.59. The van der Waals surface area contributed by atoms with Crippen LogP contribution in [0.1, 0.15) is 15.9 Å². The largest absolute Gasteiger partial charge is 0.476 e. The number of halogens is 5. The van der Waals surface area contributed by atoms with Gasteiger partial charge in [-0.15, -0.1) is 0 Å². The Bertz CT molecular complexity index is 1610. The van der Waals surface area contributed by atoms with Gasteiger partial charge < -0.3 is 18.8 Å². The maximum absolute atomic E-state index is 13.7. The van der Waals surface area contributed by atoms with Gasteiger partial charge in [-0.2, -0.15) is 8.78 Å². The molecule has 1 aliphatic heterocycles. The molecular weight excluding hydrogens is 501 g/mol. The lowest BCUT2D eigenvalue weighted by molar-refractivity contribution is -0.136. The molecular formula is C26H14F5NO5. The predicted octanol–water partition coefficient (Wildman–Crippen LogP) is 5.47. The molecule has 0 aliphatic carbocycles. The number of hydrogen-bond donors (Lipinski definition) is 0. The molecule has 1 aromatic heterocycles. The minimum atomic E-state index is -2.36. The van der Waals surface area contributed by atoms with E-state index in [0.717, 1.165) is 16.5 Å². The zero-order valence-corrected chi connectivity index (χ0v) is 18.8. The van der Waals surface area contributed by atoms with Gasteiger partial charge in [0.1, 0.15) is 11.5 Å². The summed E-state index contributed by atoms with van der Waals surface area (Å²) in [5.41, 5.74) is 1.93. The first-order valence-corrected chi connectivity index (χ1v) is 10.6. The smallest absolute Gasteiger partial charge is 0.349 e. The number of rotatable bonds is 5. The Balaban J connectivity index is 1.31. The third-order valence-corrected chi connectivity index (χ3v) is 5.59. The van der Waals surface area contributed by atoms with Crippen LogP contribution in [0.25, 0.3) is 17.0 Å². The van der Waals surface area contributed by atoms with Crippen molar-refractivity contribution in [2.75, 3.05) is 6.61 Å². The van der Waals surface area contributed by atoms with Crippen LogP contribution in [0, 0.1) is 29.1 Å². The molecule has 0 amide bonds. The van der Waals surface area contributed by atoms with Crippen LogP contribution in [0.4, 0.5) is 22.0 Å². The number of esters is 1. The highest BCUT2D eigenvalue weighted by molar-refractivity contribution is 6.15. The first-order chi connectivity index (χ1) is 17.7. The Hall–Kier alpha value is -4.67. The van der Waals surface area contributed by atoms with Crippen LogP contribution in [0.3, 0.4) is 0 Å². The molecule has 11 heteroatoms. The summed E-state index contributed by atoms with van der Waals surface area (Å²) in [6.45, 7) is -1.17. The van der Waals surface area contributed by atoms with Gasteiger partial charge in [0.2, 0.25) is 34.9 Å².